The number of rotatable bonds is 4. The van der Waals surface area contributed by atoms with Gasteiger partial charge in [-0.15, -0.1) is 0 Å². The topological polar surface area (TPSA) is 111 Å². The number of methoxy groups -OCH3 is 1. The van der Waals surface area contributed by atoms with Gasteiger partial charge in [-0.1, -0.05) is 0 Å². The Morgan fingerprint density at radius 3 is 2.63 bits per heavy atom. The van der Waals surface area contributed by atoms with Crippen LogP contribution in [0.15, 0.2) is 18.2 Å². The number of nitrogens with one attached hydrogen (secondary N) is 1. The number of esters is 1. The highest BCUT2D eigenvalue weighted by atomic mass is 16.6. The average molecular weight is 379 g/mol. The van der Waals surface area contributed by atoms with Gasteiger partial charge >= 0.3 is 12.1 Å². The number of carbonyl (C=O) groups excluding carboxylic acids is 2. The Balaban J connectivity index is 2.13. The smallest absolute Gasteiger partial charge is 0.407 e. The number of anilines is 1. The molecule has 0 saturated carbocycles. The Bertz CT molecular complexity index is 728. The third kappa shape index (κ3) is 5.57. The minimum absolute atomic E-state index is 0.0910. The van der Waals surface area contributed by atoms with E-state index in [2.05, 4.69) is 10.1 Å². The summed E-state index contributed by atoms with van der Waals surface area (Å²) in [7, 11) is 1.18. The molecule has 148 valence electrons. The molecule has 1 aromatic rings. The summed E-state index contributed by atoms with van der Waals surface area (Å²) >= 11 is 0. The first kappa shape index (κ1) is 20.5. The van der Waals surface area contributed by atoms with Gasteiger partial charge in [0.05, 0.1) is 12.0 Å². The zero-order chi connectivity index (χ0) is 20.2. The van der Waals surface area contributed by atoms with Gasteiger partial charge in [0.15, 0.2) is 0 Å². The van der Waals surface area contributed by atoms with Crippen LogP contribution in [-0.4, -0.2) is 48.8 Å². The molecular weight excluding hydrogens is 354 g/mol. The van der Waals surface area contributed by atoms with Crippen molar-refractivity contribution in [2.24, 2.45) is 0 Å². The molecule has 1 aliphatic heterocycles. The van der Waals surface area contributed by atoms with E-state index >= 15 is 0 Å². The first-order valence-electron chi connectivity index (χ1n) is 8.72. The van der Waals surface area contributed by atoms with Crippen LogP contribution in [0.2, 0.25) is 0 Å². The van der Waals surface area contributed by atoms with Crippen LogP contribution in [0.25, 0.3) is 0 Å². The van der Waals surface area contributed by atoms with Crippen LogP contribution in [-0.2, 0) is 9.47 Å². The fourth-order valence-corrected chi connectivity index (χ4v) is 2.95. The van der Waals surface area contributed by atoms with Gasteiger partial charge in [-0.25, -0.2) is 9.59 Å². The Hall–Kier alpha value is -2.84. The summed E-state index contributed by atoms with van der Waals surface area (Å²) < 4.78 is 9.87. The molecule has 1 N–H and O–H groups in total. The summed E-state index contributed by atoms with van der Waals surface area (Å²) in [5.74, 6) is -0.753. The van der Waals surface area contributed by atoms with Crippen molar-refractivity contribution in [2.45, 2.75) is 45.3 Å². The maximum Gasteiger partial charge on any atom is 0.407 e. The number of hydrogen-bond acceptors (Lipinski definition) is 7. The highest BCUT2D eigenvalue weighted by Crippen LogP contribution is 2.28. The predicted octanol–water partition coefficient (Wildman–Crippen LogP) is 2.87. The number of amides is 1. The van der Waals surface area contributed by atoms with Crippen LogP contribution in [0.1, 0.15) is 44.0 Å². The van der Waals surface area contributed by atoms with Crippen molar-refractivity contribution in [3.63, 3.8) is 0 Å². The number of hydrogen-bond donors (Lipinski definition) is 1. The van der Waals surface area contributed by atoms with E-state index < -0.39 is 22.6 Å². The van der Waals surface area contributed by atoms with Crippen LogP contribution in [0.5, 0.6) is 0 Å². The lowest BCUT2D eigenvalue weighted by molar-refractivity contribution is -0.385. The first-order chi connectivity index (χ1) is 12.6. The molecule has 0 radical (unpaired) electrons. The molecule has 1 atom stereocenters. The third-order valence-corrected chi connectivity index (χ3v) is 4.09. The van der Waals surface area contributed by atoms with Crippen LogP contribution < -0.4 is 10.2 Å². The van der Waals surface area contributed by atoms with E-state index in [0.717, 1.165) is 12.8 Å². The van der Waals surface area contributed by atoms with Crippen molar-refractivity contribution in [1.29, 1.82) is 0 Å². The summed E-state index contributed by atoms with van der Waals surface area (Å²) in [4.78, 5) is 36.4. The number of carbonyl (C=O) groups is 2. The SMILES string of the molecule is COC(=O)c1ccc(N2CCC[C@H](NC(=O)OC(C)(C)C)C2)cc1[N+](=O)[O-]. The molecule has 1 fully saturated rings. The lowest BCUT2D eigenvalue weighted by Crippen LogP contribution is -2.49. The highest BCUT2D eigenvalue weighted by Gasteiger charge is 2.27. The van der Waals surface area contributed by atoms with Crippen molar-refractivity contribution in [1.82, 2.24) is 5.32 Å². The van der Waals surface area contributed by atoms with E-state index in [1.807, 2.05) is 4.90 Å². The van der Waals surface area contributed by atoms with Crippen molar-refractivity contribution in [3.8, 4) is 0 Å². The first-order valence-corrected chi connectivity index (χ1v) is 8.72. The predicted molar refractivity (Wildman–Crippen MR) is 99.0 cm³/mol. The number of alkyl carbamates (subject to hydrolysis) is 1. The quantitative estimate of drug-likeness (QED) is 0.486. The Morgan fingerprint density at radius 2 is 2.04 bits per heavy atom. The van der Waals surface area contributed by atoms with Gasteiger partial charge in [0.1, 0.15) is 11.2 Å². The number of ether oxygens (including phenoxy) is 2. The van der Waals surface area contributed by atoms with Crippen LogP contribution in [0.3, 0.4) is 0 Å². The Labute approximate surface area is 157 Å². The lowest BCUT2D eigenvalue weighted by Gasteiger charge is -2.35. The molecule has 27 heavy (non-hydrogen) atoms. The molecule has 0 unspecified atom stereocenters. The van der Waals surface area contributed by atoms with E-state index in [-0.39, 0.29) is 17.3 Å². The normalized spacial score (nSPS) is 17.2. The maximum absolute atomic E-state index is 12.0. The largest absolute Gasteiger partial charge is 0.465 e. The molecule has 0 spiro atoms. The third-order valence-electron chi connectivity index (χ3n) is 4.09. The maximum atomic E-state index is 12.0. The summed E-state index contributed by atoms with van der Waals surface area (Å²) in [6.07, 6.45) is 1.12. The fraction of sp³-hybridized carbons (Fsp3) is 0.556. The molecule has 0 bridgehead atoms. The Morgan fingerprint density at radius 1 is 1.33 bits per heavy atom. The van der Waals surface area contributed by atoms with Crippen molar-refractivity contribution in [3.05, 3.63) is 33.9 Å². The van der Waals surface area contributed by atoms with E-state index in [0.29, 0.717) is 18.8 Å². The van der Waals surface area contributed by atoms with Gasteiger partial charge in [-0.2, -0.15) is 0 Å². The molecular formula is C18H25N3O6. The van der Waals surface area contributed by atoms with Crippen LogP contribution in [0, 0.1) is 10.1 Å². The van der Waals surface area contributed by atoms with Gasteiger partial charge in [-0.3, -0.25) is 10.1 Å². The molecule has 1 amide bonds. The lowest BCUT2D eigenvalue weighted by atomic mass is 10.0. The number of benzene rings is 1. The highest BCUT2D eigenvalue weighted by molar-refractivity contribution is 5.94. The summed E-state index contributed by atoms with van der Waals surface area (Å²) in [5, 5.41) is 14.2. The molecule has 0 aromatic heterocycles. The molecule has 9 heteroatoms. The summed E-state index contributed by atoms with van der Waals surface area (Å²) in [6.45, 7) is 6.57. The second-order valence-electron chi connectivity index (χ2n) is 7.38. The number of nitro benzene ring substituents is 1. The fourth-order valence-electron chi connectivity index (χ4n) is 2.95. The van der Waals surface area contributed by atoms with Crippen LogP contribution in [0.4, 0.5) is 16.2 Å². The minimum Gasteiger partial charge on any atom is -0.465 e. The van der Waals surface area contributed by atoms with Gasteiger partial charge < -0.3 is 19.7 Å². The standard InChI is InChI=1S/C18H25N3O6/c1-18(2,3)27-17(23)19-12-6-5-9-20(11-12)13-7-8-14(16(22)26-4)15(10-13)21(24)25/h7-8,10,12H,5-6,9,11H2,1-4H3,(H,19,23)/t12-/m0/s1. The molecule has 2 rings (SSSR count). The van der Waals surface area contributed by atoms with E-state index in [9.17, 15) is 19.7 Å². The molecule has 1 saturated heterocycles. The van der Waals surface area contributed by atoms with Crippen molar-refractivity contribution in [2.75, 3.05) is 25.1 Å². The summed E-state index contributed by atoms with van der Waals surface area (Å²) in [6, 6.07) is 4.27. The zero-order valence-electron chi connectivity index (χ0n) is 16.0. The van der Waals surface area contributed by atoms with Crippen molar-refractivity contribution >= 4 is 23.4 Å². The Kier molecular flexibility index (Phi) is 6.24. The molecule has 9 nitrogen and oxygen atoms in total. The molecule has 1 heterocycles. The van der Waals surface area contributed by atoms with E-state index in [1.54, 1.807) is 26.8 Å². The average Bonchev–Trinajstić information content (AvgIpc) is 2.59. The molecule has 0 aliphatic carbocycles. The monoisotopic (exact) mass is 379 g/mol. The number of nitrogens with zero attached hydrogens (tertiary/aromatic N) is 2. The van der Waals surface area contributed by atoms with E-state index in [4.69, 9.17) is 4.74 Å². The second-order valence-corrected chi connectivity index (χ2v) is 7.38. The minimum atomic E-state index is -0.753. The van der Waals surface area contributed by atoms with E-state index in [1.165, 1.54) is 19.2 Å². The number of nitro groups is 1. The van der Waals surface area contributed by atoms with Crippen molar-refractivity contribution < 1.29 is 24.0 Å². The van der Waals surface area contributed by atoms with Crippen LogP contribution >= 0.6 is 0 Å². The van der Waals surface area contributed by atoms with Gasteiger partial charge in [0.2, 0.25) is 0 Å². The van der Waals surface area contributed by atoms with Gasteiger partial charge in [-0.05, 0) is 45.7 Å². The molecule has 1 aliphatic rings. The zero-order valence-corrected chi connectivity index (χ0v) is 16.0. The number of piperidine rings is 1. The summed E-state index contributed by atoms with van der Waals surface area (Å²) in [5.41, 5.74) is -0.360. The van der Waals surface area contributed by atoms with Gasteiger partial charge in [0.25, 0.3) is 5.69 Å². The van der Waals surface area contributed by atoms with Gasteiger partial charge in [0, 0.05) is 30.9 Å². The molecule has 1 aromatic carbocycles. The second kappa shape index (κ2) is 8.24.